The van der Waals surface area contributed by atoms with E-state index in [1.54, 1.807) is 18.2 Å². The van der Waals surface area contributed by atoms with Gasteiger partial charge in [-0.25, -0.2) is 4.79 Å². The summed E-state index contributed by atoms with van der Waals surface area (Å²) in [6.45, 7) is 3.42. The van der Waals surface area contributed by atoms with Crippen LogP contribution >= 0.6 is 0 Å². The average Bonchev–Trinajstić information content (AvgIpc) is 3.05. The topological polar surface area (TPSA) is 101 Å². The first-order valence-corrected chi connectivity index (χ1v) is 7.79. The number of benzene rings is 1. The molecule has 0 aliphatic heterocycles. The quantitative estimate of drug-likeness (QED) is 0.588. The van der Waals surface area contributed by atoms with Gasteiger partial charge in [0.15, 0.2) is 0 Å². The first-order valence-electron chi connectivity index (χ1n) is 7.79. The van der Waals surface area contributed by atoms with Crippen molar-refractivity contribution in [3.8, 4) is 0 Å². The predicted octanol–water partition coefficient (Wildman–Crippen LogP) is 2.53. The molecule has 1 aromatic carbocycles. The Labute approximate surface area is 139 Å². The van der Waals surface area contributed by atoms with E-state index in [1.165, 1.54) is 12.1 Å². The van der Waals surface area contributed by atoms with Gasteiger partial charge in [-0.3, -0.25) is 9.59 Å². The van der Waals surface area contributed by atoms with Crippen LogP contribution in [0.1, 0.15) is 37.7 Å². The van der Waals surface area contributed by atoms with Crippen LogP contribution in [0.2, 0.25) is 0 Å². The molecule has 0 aromatic heterocycles. The van der Waals surface area contributed by atoms with E-state index < -0.39 is 35.3 Å². The second-order valence-corrected chi connectivity index (χ2v) is 5.93. The monoisotopic (exact) mass is 332 g/mol. The standard InChI is InChI=1S/C18H20O6/c1-12(16(20)21)18(17(22)23,13-7-3-2-4-8-13)11-15(19)24-14-9-5-6-10-14/h2-4,7-8,14H,1,5-6,9-11H2,(H,20,21)(H,22,23). The molecule has 0 heterocycles. The number of hydrogen-bond donors (Lipinski definition) is 2. The van der Waals surface area contributed by atoms with E-state index in [1.807, 2.05) is 0 Å². The van der Waals surface area contributed by atoms with Crippen LogP contribution in [-0.4, -0.2) is 34.2 Å². The molecule has 128 valence electrons. The molecule has 1 aliphatic carbocycles. The molecule has 0 bridgehead atoms. The number of rotatable bonds is 7. The first-order chi connectivity index (χ1) is 11.4. The molecule has 1 atom stereocenters. The molecule has 6 nitrogen and oxygen atoms in total. The van der Waals surface area contributed by atoms with E-state index in [0.717, 1.165) is 25.7 Å². The lowest BCUT2D eigenvalue weighted by Gasteiger charge is -2.29. The van der Waals surface area contributed by atoms with Gasteiger partial charge in [-0.15, -0.1) is 0 Å². The Kier molecular flexibility index (Phi) is 5.39. The summed E-state index contributed by atoms with van der Waals surface area (Å²) < 4.78 is 5.33. The normalized spacial score (nSPS) is 17.0. The van der Waals surface area contributed by atoms with Gasteiger partial charge in [-0.1, -0.05) is 36.9 Å². The minimum atomic E-state index is -2.05. The summed E-state index contributed by atoms with van der Waals surface area (Å²) in [5.74, 6) is -3.63. The zero-order valence-corrected chi connectivity index (χ0v) is 13.2. The molecular weight excluding hydrogens is 312 g/mol. The lowest BCUT2D eigenvalue weighted by molar-refractivity contribution is -0.156. The largest absolute Gasteiger partial charge is 0.480 e. The third-order valence-corrected chi connectivity index (χ3v) is 4.41. The van der Waals surface area contributed by atoms with Gasteiger partial charge in [0, 0.05) is 0 Å². The second kappa shape index (κ2) is 7.29. The van der Waals surface area contributed by atoms with Gasteiger partial charge in [0.05, 0.1) is 12.0 Å². The van der Waals surface area contributed by atoms with Crippen molar-refractivity contribution >= 4 is 17.9 Å². The molecule has 0 radical (unpaired) electrons. The smallest absolute Gasteiger partial charge is 0.332 e. The lowest BCUT2D eigenvalue weighted by atomic mass is 9.72. The molecule has 0 spiro atoms. The van der Waals surface area contributed by atoms with Crippen molar-refractivity contribution in [3.05, 3.63) is 48.0 Å². The molecule has 6 heteroatoms. The predicted molar refractivity (Wildman–Crippen MR) is 85.5 cm³/mol. The molecule has 2 rings (SSSR count). The Bertz CT molecular complexity index is 645. The molecule has 1 aromatic rings. The Balaban J connectivity index is 2.37. The van der Waals surface area contributed by atoms with Crippen molar-refractivity contribution in [2.45, 2.75) is 43.6 Å². The van der Waals surface area contributed by atoms with Crippen LogP contribution in [0.4, 0.5) is 0 Å². The number of esters is 1. The number of hydrogen-bond acceptors (Lipinski definition) is 4. The number of carbonyl (C=O) groups excluding carboxylic acids is 1. The highest BCUT2D eigenvalue weighted by molar-refractivity contribution is 6.02. The zero-order valence-electron chi connectivity index (χ0n) is 13.2. The van der Waals surface area contributed by atoms with Crippen LogP contribution in [0.15, 0.2) is 42.5 Å². The van der Waals surface area contributed by atoms with Crippen molar-refractivity contribution in [3.63, 3.8) is 0 Å². The summed E-state index contributed by atoms with van der Waals surface area (Å²) >= 11 is 0. The maximum absolute atomic E-state index is 12.3. The van der Waals surface area contributed by atoms with Gasteiger partial charge in [-0.05, 0) is 31.2 Å². The molecule has 1 fully saturated rings. The summed E-state index contributed by atoms with van der Waals surface area (Å²) in [6.07, 6.45) is 2.59. The minimum absolute atomic E-state index is 0.188. The van der Waals surface area contributed by atoms with Crippen LogP contribution < -0.4 is 0 Å². The Morgan fingerprint density at radius 1 is 1.12 bits per heavy atom. The molecule has 24 heavy (non-hydrogen) atoms. The highest BCUT2D eigenvalue weighted by atomic mass is 16.5. The van der Waals surface area contributed by atoms with Crippen LogP contribution in [-0.2, 0) is 24.5 Å². The average molecular weight is 332 g/mol. The van der Waals surface area contributed by atoms with Crippen molar-refractivity contribution < 1.29 is 29.3 Å². The highest BCUT2D eigenvalue weighted by Crippen LogP contribution is 2.37. The van der Waals surface area contributed by atoms with E-state index in [2.05, 4.69) is 6.58 Å². The van der Waals surface area contributed by atoms with Crippen LogP contribution in [0, 0.1) is 0 Å². The number of carboxylic acid groups (broad SMARTS) is 2. The molecule has 2 N–H and O–H groups in total. The second-order valence-electron chi connectivity index (χ2n) is 5.93. The molecule has 0 amide bonds. The number of carbonyl (C=O) groups is 3. The van der Waals surface area contributed by atoms with E-state index in [-0.39, 0.29) is 11.7 Å². The molecule has 0 saturated heterocycles. The SMILES string of the molecule is C=C(C(=O)O)C(CC(=O)OC1CCCC1)(C(=O)O)c1ccccc1. The van der Waals surface area contributed by atoms with E-state index >= 15 is 0 Å². The van der Waals surface area contributed by atoms with Crippen molar-refractivity contribution in [2.24, 2.45) is 0 Å². The minimum Gasteiger partial charge on any atom is -0.480 e. The number of aliphatic carboxylic acids is 2. The van der Waals surface area contributed by atoms with Gasteiger partial charge in [0.25, 0.3) is 0 Å². The number of ether oxygens (including phenoxy) is 1. The fraction of sp³-hybridized carbons (Fsp3) is 0.389. The Morgan fingerprint density at radius 3 is 2.21 bits per heavy atom. The summed E-state index contributed by atoms with van der Waals surface area (Å²) in [5, 5.41) is 19.1. The van der Waals surface area contributed by atoms with Gasteiger partial charge >= 0.3 is 17.9 Å². The molecule has 1 aliphatic rings. The van der Waals surface area contributed by atoms with E-state index in [0.29, 0.717) is 0 Å². The summed E-state index contributed by atoms with van der Waals surface area (Å²) in [6, 6.07) is 7.81. The molecule has 1 saturated carbocycles. The third-order valence-electron chi connectivity index (χ3n) is 4.41. The maximum Gasteiger partial charge on any atom is 0.332 e. The summed E-state index contributed by atoms with van der Waals surface area (Å²) in [7, 11) is 0. The van der Waals surface area contributed by atoms with Crippen LogP contribution in [0.25, 0.3) is 0 Å². The van der Waals surface area contributed by atoms with E-state index in [9.17, 15) is 24.6 Å². The maximum atomic E-state index is 12.3. The third kappa shape index (κ3) is 3.48. The summed E-state index contributed by atoms with van der Waals surface area (Å²) in [5.41, 5.74) is -2.43. The fourth-order valence-corrected chi connectivity index (χ4v) is 3.07. The highest BCUT2D eigenvalue weighted by Gasteiger charge is 2.48. The number of carboxylic acids is 2. The van der Waals surface area contributed by atoms with Crippen molar-refractivity contribution in [2.75, 3.05) is 0 Å². The molecule has 1 unspecified atom stereocenters. The lowest BCUT2D eigenvalue weighted by Crippen LogP contribution is -2.43. The van der Waals surface area contributed by atoms with Gasteiger partial charge in [0.2, 0.25) is 0 Å². The van der Waals surface area contributed by atoms with Gasteiger partial charge < -0.3 is 14.9 Å². The van der Waals surface area contributed by atoms with Crippen LogP contribution in [0.3, 0.4) is 0 Å². The van der Waals surface area contributed by atoms with Crippen LogP contribution in [0.5, 0.6) is 0 Å². The zero-order chi connectivity index (χ0) is 17.7. The first kappa shape index (κ1) is 17.7. The van der Waals surface area contributed by atoms with Gasteiger partial charge in [-0.2, -0.15) is 0 Å². The fourth-order valence-electron chi connectivity index (χ4n) is 3.07. The van der Waals surface area contributed by atoms with Crippen molar-refractivity contribution in [1.82, 2.24) is 0 Å². The van der Waals surface area contributed by atoms with Gasteiger partial charge in [0.1, 0.15) is 11.5 Å². The van der Waals surface area contributed by atoms with Crippen molar-refractivity contribution in [1.29, 1.82) is 0 Å². The van der Waals surface area contributed by atoms with E-state index in [4.69, 9.17) is 4.74 Å². The Morgan fingerprint density at radius 2 is 1.71 bits per heavy atom. The summed E-state index contributed by atoms with van der Waals surface area (Å²) in [4.78, 5) is 35.7. The Hall–Kier alpha value is -2.63. The molecular formula is C18H20O6.